The molecule has 0 aliphatic heterocycles. The van der Waals surface area contributed by atoms with Crippen molar-refractivity contribution in [2.24, 2.45) is 5.73 Å². The number of nitrogens with one attached hydrogen (secondary N) is 1. The van der Waals surface area contributed by atoms with E-state index in [1.165, 1.54) is 5.56 Å². The van der Waals surface area contributed by atoms with Gasteiger partial charge in [0.25, 0.3) is 0 Å². The summed E-state index contributed by atoms with van der Waals surface area (Å²) in [5.41, 5.74) is 8.20. The molecule has 94 valence electrons. The van der Waals surface area contributed by atoms with Crippen molar-refractivity contribution in [1.82, 2.24) is 4.72 Å². The molecule has 17 heavy (non-hydrogen) atoms. The molecule has 1 saturated carbocycles. The van der Waals surface area contributed by atoms with Gasteiger partial charge in [0, 0.05) is 12.1 Å². The fourth-order valence-electron chi connectivity index (χ4n) is 1.81. The molecule has 0 amide bonds. The SMILES string of the molecule is CS(=O)(=O)NCc1cccc(CC2(N)CC2)c1. The van der Waals surface area contributed by atoms with E-state index >= 15 is 0 Å². The van der Waals surface area contributed by atoms with Gasteiger partial charge in [0.05, 0.1) is 6.26 Å². The van der Waals surface area contributed by atoms with E-state index in [9.17, 15) is 8.42 Å². The van der Waals surface area contributed by atoms with Gasteiger partial charge in [-0.25, -0.2) is 13.1 Å². The quantitative estimate of drug-likeness (QED) is 0.815. The molecule has 0 saturated heterocycles. The van der Waals surface area contributed by atoms with Gasteiger partial charge in [0.2, 0.25) is 10.0 Å². The maximum Gasteiger partial charge on any atom is 0.209 e. The lowest BCUT2D eigenvalue weighted by Gasteiger charge is -2.10. The second-order valence-corrected chi connectivity index (χ2v) is 6.79. The summed E-state index contributed by atoms with van der Waals surface area (Å²) in [6.07, 6.45) is 4.20. The Balaban J connectivity index is 2.01. The molecule has 1 fully saturated rings. The first kappa shape index (κ1) is 12.5. The van der Waals surface area contributed by atoms with E-state index in [0.717, 1.165) is 31.1 Å². The highest BCUT2D eigenvalue weighted by atomic mass is 32.2. The molecular formula is C12H18N2O2S. The van der Waals surface area contributed by atoms with Crippen LogP contribution in [0.15, 0.2) is 24.3 Å². The van der Waals surface area contributed by atoms with Gasteiger partial charge in [-0.3, -0.25) is 0 Å². The summed E-state index contributed by atoms with van der Waals surface area (Å²) in [7, 11) is -3.13. The lowest BCUT2D eigenvalue weighted by molar-refractivity contribution is 0.587. The van der Waals surface area contributed by atoms with Gasteiger partial charge in [-0.05, 0) is 30.4 Å². The van der Waals surface area contributed by atoms with Crippen molar-refractivity contribution in [1.29, 1.82) is 0 Å². The van der Waals surface area contributed by atoms with E-state index in [4.69, 9.17) is 5.73 Å². The molecule has 0 atom stereocenters. The summed E-state index contributed by atoms with van der Waals surface area (Å²) in [6.45, 7) is 0.338. The largest absolute Gasteiger partial charge is 0.325 e. The molecule has 3 N–H and O–H groups in total. The van der Waals surface area contributed by atoms with Gasteiger partial charge in [0.15, 0.2) is 0 Å². The second kappa shape index (κ2) is 4.40. The average Bonchev–Trinajstić information content (AvgIpc) is 2.93. The summed E-state index contributed by atoms with van der Waals surface area (Å²) in [4.78, 5) is 0. The van der Waals surface area contributed by atoms with Crippen molar-refractivity contribution in [3.05, 3.63) is 35.4 Å². The van der Waals surface area contributed by atoms with Crippen LogP contribution >= 0.6 is 0 Å². The van der Waals surface area contributed by atoms with Crippen LogP contribution in [0.4, 0.5) is 0 Å². The van der Waals surface area contributed by atoms with Gasteiger partial charge in [-0.1, -0.05) is 24.3 Å². The minimum Gasteiger partial charge on any atom is -0.325 e. The summed E-state index contributed by atoms with van der Waals surface area (Å²) < 4.78 is 24.5. The van der Waals surface area contributed by atoms with Gasteiger partial charge in [0.1, 0.15) is 0 Å². The zero-order chi connectivity index (χ0) is 12.5. The Labute approximate surface area is 102 Å². The van der Waals surface area contributed by atoms with Crippen LogP contribution in [0.1, 0.15) is 24.0 Å². The molecule has 5 heteroatoms. The maximum atomic E-state index is 11.0. The molecular weight excluding hydrogens is 236 g/mol. The van der Waals surface area contributed by atoms with E-state index in [-0.39, 0.29) is 5.54 Å². The number of benzene rings is 1. The van der Waals surface area contributed by atoms with Crippen LogP contribution in [0.5, 0.6) is 0 Å². The number of hydrogen-bond donors (Lipinski definition) is 2. The lowest BCUT2D eigenvalue weighted by Crippen LogP contribution is -2.25. The Morgan fingerprint density at radius 3 is 2.59 bits per heavy atom. The summed E-state index contributed by atoms with van der Waals surface area (Å²) >= 11 is 0. The van der Waals surface area contributed by atoms with Crippen LogP contribution in [0.2, 0.25) is 0 Å². The molecule has 0 unspecified atom stereocenters. The number of rotatable bonds is 5. The summed E-state index contributed by atoms with van der Waals surface area (Å²) in [5.74, 6) is 0. The predicted octanol–water partition coefficient (Wildman–Crippen LogP) is 0.770. The molecule has 0 heterocycles. The van der Waals surface area contributed by atoms with E-state index in [1.807, 2.05) is 24.3 Å². The monoisotopic (exact) mass is 254 g/mol. The van der Waals surface area contributed by atoms with E-state index in [2.05, 4.69) is 4.72 Å². The molecule has 2 rings (SSSR count). The minimum atomic E-state index is -3.13. The number of sulfonamides is 1. The molecule has 4 nitrogen and oxygen atoms in total. The van der Waals surface area contributed by atoms with Crippen LogP contribution in [0.25, 0.3) is 0 Å². The number of hydrogen-bond acceptors (Lipinski definition) is 3. The van der Waals surface area contributed by atoms with E-state index < -0.39 is 10.0 Å². The zero-order valence-electron chi connectivity index (χ0n) is 9.94. The summed E-state index contributed by atoms with van der Waals surface area (Å²) in [5, 5.41) is 0. The van der Waals surface area contributed by atoms with Crippen LogP contribution in [-0.2, 0) is 23.0 Å². The van der Waals surface area contributed by atoms with Crippen LogP contribution < -0.4 is 10.5 Å². The topological polar surface area (TPSA) is 72.2 Å². The van der Waals surface area contributed by atoms with Crippen molar-refractivity contribution >= 4 is 10.0 Å². The zero-order valence-corrected chi connectivity index (χ0v) is 10.8. The van der Waals surface area contributed by atoms with Crippen LogP contribution in [-0.4, -0.2) is 20.2 Å². The first-order valence-corrected chi connectivity index (χ1v) is 7.57. The van der Waals surface area contributed by atoms with Crippen molar-refractivity contribution in [3.63, 3.8) is 0 Å². The van der Waals surface area contributed by atoms with Gasteiger partial charge >= 0.3 is 0 Å². The molecule has 1 aliphatic rings. The first-order valence-electron chi connectivity index (χ1n) is 5.68. The highest BCUT2D eigenvalue weighted by Gasteiger charge is 2.37. The Kier molecular flexibility index (Phi) is 3.25. The molecule has 1 aromatic carbocycles. The van der Waals surface area contributed by atoms with E-state index in [1.54, 1.807) is 0 Å². The normalized spacial score (nSPS) is 18.0. The third-order valence-corrected chi connectivity index (χ3v) is 3.65. The van der Waals surface area contributed by atoms with Crippen LogP contribution in [0, 0.1) is 0 Å². The first-order chi connectivity index (χ1) is 7.86. The third-order valence-electron chi connectivity index (χ3n) is 2.98. The van der Waals surface area contributed by atoms with Crippen molar-refractivity contribution in [3.8, 4) is 0 Å². The maximum absolute atomic E-state index is 11.0. The fraction of sp³-hybridized carbons (Fsp3) is 0.500. The Morgan fingerprint density at radius 2 is 2.00 bits per heavy atom. The highest BCUT2D eigenvalue weighted by molar-refractivity contribution is 7.88. The minimum absolute atomic E-state index is 0.0110. The van der Waals surface area contributed by atoms with Crippen molar-refractivity contribution in [2.75, 3.05) is 6.26 Å². The van der Waals surface area contributed by atoms with Crippen molar-refractivity contribution in [2.45, 2.75) is 31.3 Å². The Hall–Kier alpha value is -0.910. The van der Waals surface area contributed by atoms with E-state index in [0.29, 0.717) is 6.54 Å². The molecule has 0 radical (unpaired) electrons. The predicted molar refractivity (Wildman–Crippen MR) is 68.0 cm³/mol. The third kappa shape index (κ3) is 4.11. The standard InChI is InChI=1S/C12H18N2O2S/c1-17(15,16)14-9-11-4-2-3-10(7-11)8-12(13)5-6-12/h2-4,7,14H,5-6,8-9,13H2,1H3. The van der Waals surface area contributed by atoms with Gasteiger partial charge in [-0.15, -0.1) is 0 Å². The number of nitrogens with two attached hydrogens (primary N) is 1. The summed E-state index contributed by atoms with van der Waals surface area (Å²) in [6, 6.07) is 7.92. The van der Waals surface area contributed by atoms with Gasteiger partial charge in [-0.2, -0.15) is 0 Å². The molecule has 1 aromatic rings. The average molecular weight is 254 g/mol. The molecule has 0 spiro atoms. The Morgan fingerprint density at radius 1 is 1.35 bits per heavy atom. The van der Waals surface area contributed by atoms with Gasteiger partial charge < -0.3 is 5.73 Å². The van der Waals surface area contributed by atoms with Crippen molar-refractivity contribution < 1.29 is 8.42 Å². The lowest BCUT2D eigenvalue weighted by atomic mass is 10.0. The smallest absolute Gasteiger partial charge is 0.209 e. The second-order valence-electron chi connectivity index (χ2n) is 4.95. The molecule has 0 bridgehead atoms. The fourth-order valence-corrected chi connectivity index (χ4v) is 2.24. The Bertz CT molecular complexity index is 507. The molecule has 1 aliphatic carbocycles. The van der Waals surface area contributed by atoms with Crippen LogP contribution in [0.3, 0.4) is 0 Å². The molecule has 0 aromatic heterocycles. The highest BCUT2D eigenvalue weighted by Crippen LogP contribution is 2.35.